The van der Waals surface area contributed by atoms with Crippen LogP contribution in [-0.2, 0) is 17.6 Å². The van der Waals surface area contributed by atoms with E-state index in [1.807, 2.05) is 4.90 Å². The summed E-state index contributed by atoms with van der Waals surface area (Å²) >= 11 is 1.26. The summed E-state index contributed by atoms with van der Waals surface area (Å²) in [5.41, 5.74) is 14.3. The first-order chi connectivity index (χ1) is 17.3. The van der Waals surface area contributed by atoms with E-state index < -0.39 is 5.60 Å². The third kappa shape index (κ3) is 3.99. The number of thiophene rings is 1. The summed E-state index contributed by atoms with van der Waals surface area (Å²) in [6.45, 7) is 3.60. The van der Waals surface area contributed by atoms with Crippen molar-refractivity contribution in [2.75, 3.05) is 30.3 Å². The maximum atomic E-state index is 15.3. The van der Waals surface area contributed by atoms with Gasteiger partial charge in [-0.1, -0.05) is 0 Å². The van der Waals surface area contributed by atoms with Crippen molar-refractivity contribution in [3.8, 4) is 0 Å². The Morgan fingerprint density at radius 2 is 2.22 bits per heavy atom. The van der Waals surface area contributed by atoms with E-state index in [9.17, 15) is 4.79 Å². The van der Waals surface area contributed by atoms with Gasteiger partial charge < -0.3 is 26.4 Å². The monoisotopic (exact) mass is 511 g/mol. The number of amides is 1. The molecule has 9 nitrogen and oxygen atoms in total. The molecule has 1 spiro atoms. The lowest BCUT2D eigenvalue weighted by Gasteiger charge is -2.36. The van der Waals surface area contributed by atoms with Gasteiger partial charge >= 0.3 is 0 Å². The molecular formula is C25H30FN7O2S. The summed E-state index contributed by atoms with van der Waals surface area (Å²) in [5, 5.41) is 3.76. The molecule has 0 radical (unpaired) electrons. The highest BCUT2D eigenvalue weighted by molar-refractivity contribution is 7.21. The molecule has 11 heteroatoms. The maximum absolute atomic E-state index is 15.3. The van der Waals surface area contributed by atoms with Crippen molar-refractivity contribution in [3.63, 3.8) is 0 Å². The molecule has 3 aromatic rings. The predicted molar refractivity (Wildman–Crippen MR) is 137 cm³/mol. The molecule has 190 valence electrons. The van der Waals surface area contributed by atoms with E-state index in [4.69, 9.17) is 21.2 Å². The quantitative estimate of drug-likeness (QED) is 0.489. The van der Waals surface area contributed by atoms with Gasteiger partial charge in [0.1, 0.15) is 21.1 Å². The number of nitrogens with two attached hydrogens (primary N) is 2. The molecule has 0 bridgehead atoms. The lowest BCUT2D eigenvalue weighted by Crippen LogP contribution is -2.51. The minimum absolute atomic E-state index is 0.131. The summed E-state index contributed by atoms with van der Waals surface area (Å²) < 4.78 is 21.4. The first-order valence-electron chi connectivity index (χ1n) is 12.5. The largest absolute Gasteiger partial charge is 0.397 e. The number of halogens is 1. The normalized spacial score (nSPS) is 25.9. The van der Waals surface area contributed by atoms with Gasteiger partial charge in [-0.3, -0.25) is 4.79 Å². The molecule has 5 heterocycles. The second-order valence-electron chi connectivity index (χ2n) is 10.2. The number of nitrogen functional groups attached to an aromatic ring is 1. The molecule has 36 heavy (non-hydrogen) atoms. The van der Waals surface area contributed by atoms with Gasteiger partial charge in [0.25, 0.3) is 5.91 Å². The first kappa shape index (κ1) is 23.5. The number of aryl methyl sites for hydroxylation is 2. The van der Waals surface area contributed by atoms with Crippen LogP contribution in [0.5, 0.6) is 0 Å². The maximum Gasteiger partial charge on any atom is 0.263 e. The van der Waals surface area contributed by atoms with Gasteiger partial charge in [-0.05, 0) is 57.1 Å². The molecule has 0 saturated carbocycles. The Labute approximate surface area is 212 Å². The van der Waals surface area contributed by atoms with E-state index in [2.05, 4.69) is 15.3 Å². The minimum Gasteiger partial charge on any atom is -0.397 e. The summed E-state index contributed by atoms with van der Waals surface area (Å²) in [6.07, 6.45) is 6.56. The number of rotatable bonds is 3. The molecule has 0 aromatic carbocycles. The van der Waals surface area contributed by atoms with Crippen LogP contribution in [0.4, 0.5) is 15.9 Å². The summed E-state index contributed by atoms with van der Waals surface area (Å²) in [6, 6.07) is 1.28. The van der Waals surface area contributed by atoms with E-state index in [1.165, 1.54) is 11.3 Å². The molecule has 1 amide bonds. The number of pyridine rings is 1. The summed E-state index contributed by atoms with van der Waals surface area (Å²) in [5.74, 6) is 0.386. The van der Waals surface area contributed by atoms with Crippen molar-refractivity contribution in [3.05, 3.63) is 40.0 Å². The van der Waals surface area contributed by atoms with Crippen LogP contribution in [0.15, 0.2) is 12.3 Å². The lowest BCUT2D eigenvalue weighted by atomic mass is 9.89. The smallest absolute Gasteiger partial charge is 0.263 e. The Kier molecular flexibility index (Phi) is 5.81. The van der Waals surface area contributed by atoms with Crippen molar-refractivity contribution < 1.29 is 13.9 Å². The summed E-state index contributed by atoms with van der Waals surface area (Å²) in [7, 11) is 0. The van der Waals surface area contributed by atoms with Crippen molar-refractivity contribution in [2.24, 2.45) is 5.73 Å². The van der Waals surface area contributed by atoms with Gasteiger partial charge in [0, 0.05) is 31.1 Å². The summed E-state index contributed by atoms with van der Waals surface area (Å²) in [4.78, 5) is 29.4. The Morgan fingerprint density at radius 1 is 1.36 bits per heavy atom. The molecule has 2 saturated heterocycles. The standard InChI is InChI=1S/C25H30FN7O2S/c1-13-29-10-16-20(28)21(36-24(16)30-13)23(34)31-15-4-5-18-14(8-15)9-17(26)22(32-18)33-11-19(27)25(12-33)6-2-3-7-35-25/h9-10,15,19H,2-8,11-12,27-28H2,1H3,(H,31,34). The number of hydrogen-bond acceptors (Lipinski definition) is 9. The van der Waals surface area contributed by atoms with Crippen molar-refractivity contribution >= 4 is 39.0 Å². The van der Waals surface area contributed by atoms with Crippen LogP contribution in [0, 0.1) is 12.7 Å². The molecule has 5 N–H and O–H groups in total. The van der Waals surface area contributed by atoms with Crippen LogP contribution in [0.3, 0.4) is 0 Å². The number of anilines is 2. The van der Waals surface area contributed by atoms with Gasteiger partial charge in [-0.25, -0.2) is 19.3 Å². The molecule has 1 aliphatic carbocycles. The number of ether oxygens (including phenoxy) is 1. The molecule has 2 fully saturated rings. The Hall–Kier alpha value is -2.89. The van der Waals surface area contributed by atoms with Gasteiger partial charge in [0.2, 0.25) is 0 Å². The van der Waals surface area contributed by atoms with Crippen LogP contribution >= 0.6 is 11.3 Å². The van der Waals surface area contributed by atoms with E-state index in [0.717, 1.165) is 30.5 Å². The highest BCUT2D eigenvalue weighted by Gasteiger charge is 2.47. The van der Waals surface area contributed by atoms with Crippen LogP contribution in [0.25, 0.3) is 10.2 Å². The lowest BCUT2D eigenvalue weighted by molar-refractivity contribution is -0.0717. The number of fused-ring (bicyclic) bond motifs is 2. The van der Waals surface area contributed by atoms with Crippen LogP contribution < -0.4 is 21.7 Å². The van der Waals surface area contributed by atoms with E-state index >= 15 is 4.39 Å². The Morgan fingerprint density at radius 3 is 3.03 bits per heavy atom. The molecule has 6 rings (SSSR count). The number of nitrogens with zero attached hydrogens (tertiary/aromatic N) is 4. The molecule has 3 aliphatic rings. The second-order valence-corrected chi connectivity index (χ2v) is 11.2. The highest BCUT2D eigenvalue weighted by atomic mass is 32.1. The van der Waals surface area contributed by atoms with E-state index in [1.54, 1.807) is 19.2 Å². The van der Waals surface area contributed by atoms with E-state index in [-0.39, 0.29) is 23.8 Å². The molecule has 3 unspecified atom stereocenters. The van der Waals surface area contributed by atoms with Gasteiger partial charge in [0.15, 0.2) is 11.6 Å². The molecular weight excluding hydrogens is 481 g/mol. The van der Waals surface area contributed by atoms with Gasteiger partial charge in [0.05, 0.1) is 23.7 Å². The Bertz CT molecular complexity index is 1340. The topological polar surface area (TPSA) is 132 Å². The van der Waals surface area contributed by atoms with Gasteiger partial charge in [-0.2, -0.15) is 0 Å². The van der Waals surface area contributed by atoms with Crippen LogP contribution in [-0.4, -0.2) is 58.2 Å². The second kappa shape index (κ2) is 8.89. The number of carbonyl (C=O) groups excluding carboxylic acids is 1. The third-order valence-corrected chi connectivity index (χ3v) is 8.82. The number of aromatic nitrogens is 3. The average Bonchev–Trinajstić information content (AvgIpc) is 3.35. The molecule has 3 atom stereocenters. The van der Waals surface area contributed by atoms with E-state index in [0.29, 0.717) is 71.4 Å². The predicted octanol–water partition coefficient (Wildman–Crippen LogP) is 2.49. The van der Waals surface area contributed by atoms with Gasteiger partial charge in [-0.15, -0.1) is 11.3 Å². The zero-order chi connectivity index (χ0) is 25.0. The van der Waals surface area contributed by atoms with Crippen molar-refractivity contribution in [1.82, 2.24) is 20.3 Å². The number of carbonyl (C=O) groups is 1. The molecule has 3 aromatic heterocycles. The zero-order valence-corrected chi connectivity index (χ0v) is 21.0. The SMILES string of the molecule is Cc1ncc2c(N)c(C(=O)NC3CCc4nc(N5CC(N)C6(CCCCO6)C5)c(F)cc4C3)sc2n1. The number of nitrogens with one attached hydrogen (secondary N) is 1. The Balaban J connectivity index is 1.17. The van der Waals surface area contributed by atoms with Crippen LogP contribution in [0.1, 0.15) is 52.4 Å². The zero-order valence-electron chi connectivity index (χ0n) is 20.2. The van der Waals surface area contributed by atoms with Crippen molar-refractivity contribution in [2.45, 2.75) is 63.1 Å². The fraction of sp³-hybridized carbons (Fsp3) is 0.520. The minimum atomic E-state index is -0.406. The fourth-order valence-electron chi connectivity index (χ4n) is 5.74. The average molecular weight is 512 g/mol. The third-order valence-electron chi connectivity index (χ3n) is 7.71. The molecule has 2 aliphatic heterocycles. The van der Waals surface area contributed by atoms with Crippen molar-refractivity contribution in [1.29, 1.82) is 0 Å². The first-order valence-corrected chi connectivity index (χ1v) is 13.3. The van der Waals surface area contributed by atoms with Crippen LogP contribution in [0.2, 0.25) is 0 Å². The highest BCUT2D eigenvalue weighted by Crippen LogP contribution is 2.37. The fourth-order valence-corrected chi connectivity index (χ4v) is 6.75. The number of hydrogen-bond donors (Lipinski definition) is 3.